The Bertz CT molecular complexity index is 414. The third-order valence-electron chi connectivity index (χ3n) is 2.26. The number of nitrogens with zero attached hydrogens (tertiary/aromatic N) is 1. The highest BCUT2D eigenvalue weighted by molar-refractivity contribution is 5.74. The number of hydrogen-bond acceptors (Lipinski definition) is 3. The zero-order chi connectivity index (χ0) is 10.2. The Morgan fingerprint density at radius 2 is 2.21 bits per heavy atom. The quantitative estimate of drug-likeness (QED) is 0.655. The number of imidazole rings is 1. The molecule has 14 heavy (non-hydrogen) atoms. The molecule has 4 N–H and O–H groups in total. The Morgan fingerprint density at radius 3 is 2.86 bits per heavy atom. The summed E-state index contributed by atoms with van der Waals surface area (Å²) in [5.74, 6) is 0.612. The first-order valence-corrected chi connectivity index (χ1v) is 4.48. The van der Waals surface area contributed by atoms with Crippen molar-refractivity contribution in [3.63, 3.8) is 0 Å². The van der Waals surface area contributed by atoms with Crippen LogP contribution in [-0.4, -0.2) is 21.7 Å². The van der Waals surface area contributed by atoms with Crippen molar-refractivity contribution in [1.82, 2.24) is 9.97 Å². The number of aromatic amines is 1. The second-order valence-electron chi connectivity index (χ2n) is 3.68. The lowest BCUT2D eigenvalue weighted by Gasteiger charge is -2.17. The molecule has 1 aromatic heterocycles. The lowest BCUT2D eigenvalue weighted by atomic mass is 10.1. The number of fused-ring (bicyclic) bond motifs is 1. The molecule has 0 amide bonds. The van der Waals surface area contributed by atoms with Gasteiger partial charge in [-0.3, -0.25) is 0 Å². The smallest absolute Gasteiger partial charge is 0.129 e. The fourth-order valence-electron chi connectivity index (χ4n) is 1.30. The summed E-state index contributed by atoms with van der Waals surface area (Å²) < 4.78 is 0. The molecule has 0 spiro atoms. The van der Waals surface area contributed by atoms with Gasteiger partial charge in [0.15, 0.2) is 0 Å². The van der Waals surface area contributed by atoms with Crippen molar-refractivity contribution in [2.75, 3.05) is 6.61 Å². The molecule has 4 heteroatoms. The maximum Gasteiger partial charge on any atom is 0.129 e. The van der Waals surface area contributed by atoms with E-state index in [1.165, 1.54) is 0 Å². The fourth-order valence-corrected chi connectivity index (χ4v) is 1.30. The van der Waals surface area contributed by atoms with E-state index in [2.05, 4.69) is 9.97 Å². The first kappa shape index (κ1) is 9.18. The average Bonchev–Trinajstić information content (AvgIpc) is 2.61. The Morgan fingerprint density at radius 1 is 1.50 bits per heavy atom. The normalized spacial score (nSPS) is 15.6. The van der Waals surface area contributed by atoms with E-state index in [-0.39, 0.29) is 6.61 Å². The van der Waals surface area contributed by atoms with Crippen molar-refractivity contribution >= 4 is 11.0 Å². The molecule has 1 atom stereocenters. The van der Waals surface area contributed by atoms with Crippen molar-refractivity contribution in [2.45, 2.75) is 12.5 Å². The molecule has 0 saturated carbocycles. The van der Waals surface area contributed by atoms with E-state index in [9.17, 15) is 0 Å². The summed E-state index contributed by atoms with van der Waals surface area (Å²) in [6.07, 6.45) is 0. The molecular weight excluding hydrogens is 178 g/mol. The summed E-state index contributed by atoms with van der Waals surface area (Å²) >= 11 is 0. The Kier molecular flexibility index (Phi) is 2.02. The van der Waals surface area contributed by atoms with E-state index < -0.39 is 5.54 Å². The van der Waals surface area contributed by atoms with Crippen molar-refractivity contribution in [3.05, 3.63) is 30.1 Å². The lowest BCUT2D eigenvalue weighted by molar-refractivity contribution is 0.204. The van der Waals surface area contributed by atoms with Crippen molar-refractivity contribution < 1.29 is 5.11 Å². The second kappa shape index (κ2) is 3.08. The van der Waals surface area contributed by atoms with Gasteiger partial charge in [-0.2, -0.15) is 0 Å². The molecular formula is C10H13N3O. The van der Waals surface area contributed by atoms with E-state index in [0.717, 1.165) is 11.0 Å². The number of benzene rings is 1. The predicted molar refractivity (Wildman–Crippen MR) is 54.7 cm³/mol. The Labute approximate surface area is 81.8 Å². The van der Waals surface area contributed by atoms with Crippen LogP contribution in [0, 0.1) is 0 Å². The number of aliphatic hydroxyl groups is 1. The summed E-state index contributed by atoms with van der Waals surface area (Å²) in [7, 11) is 0. The van der Waals surface area contributed by atoms with E-state index in [4.69, 9.17) is 10.8 Å². The van der Waals surface area contributed by atoms with Crippen molar-refractivity contribution in [3.8, 4) is 0 Å². The highest BCUT2D eigenvalue weighted by atomic mass is 16.3. The third kappa shape index (κ3) is 1.38. The van der Waals surface area contributed by atoms with Crippen LogP contribution in [0.3, 0.4) is 0 Å². The zero-order valence-corrected chi connectivity index (χ0v) is 7.99. The number of rotatable bonds is 2. The maximum absolute atomic E-state index is 9.09. The topological polar surface area (TPSA) is 74.9 Å². The molecule has 0 radical (unpaired) electrons. The number of nitrogens with one attached hydrogen (secondary N) is 1. The summed E-state index contributed by atoms with van der Waals surface area (Å²) in [6, 6.07) is 7.68. The summed E-state index contributed by atoms with van der Waals surface area (Å²) in [5, 5.41) is 9.09. The third-order valence-corrected chi connectivity index (χ3v) is 2.26. The van der Waals surface area contributed by atoms with Crippen LogP contribution in [0.2, 0.25) is 0 Å². The number of nitrogens with two attached hydrogens (primary N) is 1. The number of aromatic nitrogens is 2. The highest BCUT2D eigenvalue weighted by Gasteiger charge is 2.23. The molecule has 2 rings (SSSR count). The van der Waals surface area contributed by atoms with Crippen LogP contribution in [-0.2, 0) is 5.54 Å². The molecule has 74 valence electrons. The van der Waals surface area contributed by atoms with Crippen LogP contribution in [0.1, 0.15) is 12.7 Å². The zero-order valence-electron chi connectivity index (χ0n) is 7.99. The van der Waals surface area contributed by atoms with E-state index in [0.29, 0.717) is 5.82 Å². The van der Waals surface area contributed by atoms with Gasteiger partial charge in [0.05, 0.1) is 23.2 Å². The molecule has 1 aromatic carbocycles. The minimum absolute atomic E-state index is 0.132. The molecule has 0 bridgehead atoms. The van der Waals surface area contributed by atoms with Crippen LogP contribution >= 0.6 is 0 Å². The van der Waals surface area contributed by atoms with Gasteiger partial charge in [-0.1, -0.05) is 12.1 Å². The van der Waals surface area contributed by atoms with Crippen LogP contribution in [0.25, 0.3) is 11.0 Å². The van der Waals surface area contributed by atoms with Gasteiger partial charge >= 0.3 is 0 Å². The number of H-pyrrole nitrogens is 1. The maximum atomic E-state index is 9.09. The Hall–Kier alpha value is -1.39. The van der Waals surface area contributed by atoms with Crippen LogP contribution in [0.15, 0.2) is 24.3 Å². The minimum Gasteiger partial charge on any atom is -0.394 e. The first-order valence-electron chi connectivity index (χ1n) is 4.48. The van der Waals surface area contributed by atoms with Crippen molar-refractivity contribution in [2.24, 2.45) is 5.73 Å². The first-order chi connectivity index (χ1) is 6.63. The van der Waals surface area contributed by atoms with Crippen LogP contribution in [0.4, 0.5) is 0 Å². The molecule has 1 heterocycles. The van der Waals surface area contributed by atoms with Gasteiger partial charge in [0.25, 0.3) is 0 Å². The summed E-state index contributed by atoms with van der Waals surface area (Å²) in [4.78, 5) is 7.41. The molecule has 4 nitrogen and oxygen atoms in total. The predicted octanol–water partition coefficient (Wildman–Crippen LogP) is 0.729. The molecule has 0 aliphatic carbocycles. The van der Waals surface area contributed by atoms with Crippen molar-refractivity contribution in [1.29, 1.82) is 0 Å². The van der Waals surface area contributed by atoms with Gasteiger partial charge in [0.1, 0.15) is 5.82 Å². The molecule has 1 unspecified atom stereocenters. The lowest BCUT2D eigenvalue weighted by Crippen LogP contribution is -2.38. The Balaban J connectivity index is 2.55. The van der Waals surface area contributed by atoms with Crippen LogP contribution < -0.4 is 5.73 Å². The molecule has 2 aromatic rings. The van der Waals surface area contributed by atoms with Gasteiger partial charge in [0, 0.05) is 0 Å². The van der Waals surface area contributed by atoms with Gasteiger partial charge in [-0.05, 0) is 19.1 Å². The number of aliphatic hydroxyl groups excluding tert-OH is 1. The van der Waals surface area contributed by atoms with E-state index in [1.54, 1.807) is 6.92 Å². The van der Waals surface area contributed by atoms with Crippen LogP contribution in [0.5, 0.6) is 0 Å². The molecule has 0 aliphatic rings. The summed E-state index contributed by atoms with van der Waals surface area (Å²) in [5.41, 5.74) is 6.86. The number of para-hydroxylation sites is 2. The minimum atomic E-state index is -0.807. The average molecular weight is 191 g/mol. The van der Waals surface area contributed by atoms with Gasteiger partial charge in [-0.25, -0.2) is 4.98 Å². The highest BCUT2D eigenvalue weighted by Crippen LogP contribution is 2.18. The summed E-state index contributed by atoms with van der Waals surface area (Å²) in [6.45, 7) is 1.61. The second-order valence-corrected chi connectivity index (χ2v) is 3.68. The monoisotopic (exact) mass is 191 g/mol. The SMILES string of the molecule is CC(N)(CO)c1nc2ccccc2[nH]1. The van der Waals surface area contributed by atoms with E-state index in [1.807, 2.05) is 24.3 Å². The standard InChI is InChI=1S/C10H13N3O/c1-10(11,6-14)9-12-7-4-2-3-5-8(7)13-9/h2-5,14H,6,11H2,1H3,(H,12,13). The molecule has 0 saturated heterocycles. The molecule has 0 fully saturated rings. The fraction of sp³-hybridized carbons (Fsp3) is 0.300. The van der Waals surface area contributed by atoms with Gasteiger partial charge in [-0.15, -0.1) is 0 Å². The van der Waals surface area contributed by atoms with E-state index >= 15 is 0 Å². The molecule has 0 aliphatic heterocycles. The van der Waals surface area contributed by atoms with Gasteiger partial charge in [0.2, 0.25) is 0 Å². The van der Waals surface area contributed by atoms with Gasteiger partial charge < -0.3 is 15.8 Å². The number of hydrogen-bond donors (Lipinski definition) is 3. The largest absolute Gasteiger partial charge is 0.394 e.